The van der Waals surface area contributed by atoms with Gasteiger partial charge in [-0.15, -0.1) is 0 Å². The Morgan fingerprint density at radius 1 is 1.22 bits per heavy atom. The minimum atomic E-state index is -1.81. The lowest BCUT2D eigenvalue weighted by Crippen LogP contribution is -2.40. The average Bonchev–Trinajstić information content (AvgIpc) is 3.02. The minimum Gasteiger partial charge on any atom is -0.469 e. The Kier molecular flexibility index (Phi) is 5.51. The molecule has 0 aliphatic heterocycles. The van der Waals surface area contributed by atoms with Crippen molar-refractivity contribution in [3.8, 4) is 0 Å². The maximum Gasteiger partial charge on any atom is 0.306 e. The number of carbonyl (C=O) groups is 1. The van der Waals surface area contributed by atoms with Crippen LogP contribution in [-0.4, -0.2) is 21.4 Å². The molecule has 2 aromatic carbocycles. The highest BCUT2D eigenvalue weighted by atomic mass is 28.4. The lowest BCUT2D eigenvalue weighted by atomic mass is 9.90. The number of rotatable bonds is 5. The van der Waals surface area contributed by atoms with Crippen LogP contribution in [0.5, 0.6) is 0 Å². The van der Waals surface area contributed by atoms with Crippen molar-refractivity contribution < 1.29 is 14.0 Å². The van der Waals surface area contributed by atoms with E-state index in [1.807, 2.05) is 0 Å². The van der Waals surface area contributed by atoms with E-state index in [1.54, 1.807) is 0 Å². The highest BCUT2D eigenvalue weighted by molar-refractivity contribution is 6.74. The molecule has 0 aromatic heterocycles. The second-order valence-electron chi connectivity index (χ2n) is 9.21. The lowest BCUT2D eigenvalue weighted by Gasteiger charge is -2.36. The first-order chi connectivity index (χ1) is 12.6. The molecule has 3 rings (SSSR count). The van der Waals surface area contributed by atoms with Crippen LogP contribution in [-0.2, 0) is 27.0 Å². The zero-order valence-corrected chi connectivity index (χ0v) is 18.5. The smallest absolute Gasteiger partial charge is 0.306 e. The molecule has 0 saturated heterocycles. The van der Waals surface area contributed by atoms with E-state index in [9.17, 15) is 4.79 Å². The average molecular weight is 385 g/mol. The highest BCUT2D eigenvalue weighted by Crippen LogP contribution is 2.43. The fourth-order valence-corrected chi connectivity index (χ4v) is 4.74. The molecule has 27 heavy (non-hydrogen) atoms. The highest BCUT2D eigenvalue weighted by Gasteiger charge is 2.37. The molecule has 0 radical (unpaired) electrons. The topological polar surface area (TPSA) is 35.5 Å². The van der Waals surface area contributed by atoms with Crippen LogP contribution in [0.4, 0.5) is 0 Å². The molecule has 4 heteroatoms. The van der Waals surface area contributed by atoms with Crippen molar-refractivity contribution in [1.29, 1.82) is 0 Å². The van der Waals surface area contributed by atoms with Crippen molar-refractivity contribution in [2.75, 3.05) is 7.11 Å². The zero-order valence-electron chi connectivity index (χ0n) is 17.5. The molecule has 0 saturated carbocycles. The van der Waals surface area contributed by atoms with Gasteiger partial charge in [0.05, 0.1) is 20.1 Å². The summed E-state index contributed by atoms with van der Waals surface area (Å²) in [7, 11) is -0.339. The van der Waals surface area contributed by atoms with Crippen LogP contribution in [0.2, 0.25) is 18.1 Å². The summed E-state index contributed by atoms with van der Waals surface area (Å²) < 4.78 is 11.5. The van der Waals surface area contributed by atoms with E-state index in [2.05, 4.69) is 64.2 Å². The molecule has 0 spiro atoms. The van der Waals surface area contributed by atoms with Gasteiger partial charge in [0.25, 0.3) is 0 Å². The van der Waals surface area contributed by atoms with Crippen LogP contribution in [0.25, 0.3) is 10.8 Å². The molecule has 0 fully saturated rings. The summed E-state index contributed by atoms with van der Waals surface area (Å²) in [6.45, 7) is 12.1. The van der Waals surface area contributed by atoms with E-state index in [1.165, 1.54) is 34.6 Å². The molecule has 3 nitrogen and oxygen atoms in total. The van der Waals surface area contributed by atoms with Gasteiger partial charge in [-0.25, -0.2) is 0 Å². The van der Waals surface area contributed by atoms with Crippen LogP contribution in [0.1, 0.15) is 56.2 Å². The third kappa shape index (κ3) is 3.97. The molecule has 0 bridgehead atoms. The SMILES string of the molecule is COC(=O)CC1CCc2c(CO[Si](C)(C)C(C)(C)C)cc3ccccc3c21. The number of benzene rings is 2. The van der Waals surface area contributed by atoms with Crippen molar-refractivity contribution >= 4 is 25.1 Å². The first-order valence-corrected chi connectivity index (χ1v) is 12.8. The molecule has 0 heterocycles. The van der Waals surface area contributed by atoms with Gasteiger partial charge in [0.1, 0.15) is 0 Å². The Labute approximate surface area is 164 Å². The molecule has 146 valence electrons. The fraction of sp³-hybridized carbons (Fsp3) is 0.522. The van der Waals surface area contributed by atoms with Crippen molar-refractivity contribution in [2.45, 2.75) is 70.7 Å². The van der Waals surface area contributed by atoms with Crippen LogP contribution < -0.4 is 0 Å². The van der Waals surface area contributed by atoms with Gasteiger partial charge >= 0.3 is 5.97 Å². The number of ether oxygens (including phenoxy) is 1. The van der Waals surface area contributed by atoms with E-state index in [4.69, 9.17) is 9.16 Å². The second-order valence-corrected chi connectivity index (χ2v) is 14.0. The maximum atomic E-state index is 11.9. The van der Waals surface area contributed by atoms with Gasteiger partial charge in [0, 0.05) is 0 Å². The molecule has 1 aliphatic rings. The van der Waals surface area contributed by atoms with Crippen molar-refractivity contribution in [3.63, 3.8) is 0 Å². The summed E-state index contributed by atoms with van der Waals surface area (Å²) in [5.74, 6) is 0.116. The summed E-state index contributed by atoms with van der Waals surface area (Å²) in [5.41, 5.74) is 4.02. The molecule has 0 N–H and O–H groups in total. The number of fused-ring (bicyclic) bond motifs is 3. The summed E-state index contributed by atoms with van der Waals surface area (Å²) in [5, 5.41) is 2.71. The quantitative estimate of drug-likeness (QED) is 0.472. The summed E-state index contributed by atoms with van der Waals surface area (Å²) in [6.07, 6.45) is 2.48. The fourth-order valence-electron chi connectivity index (χ4n) is 3.80. The van der Waals surface area contributed by atoms with E-state index >= 15 is 0 Å². The first-order valence-electron chi connectivity index (χ1n) is 9.88. The maximum absolute atomic E-state index is 11.9. The predicted molar refractivity (Wildman–Crippen MR) is 114 cm³/mol. The van der Waals surface area contributed by atoms with E-state index in [-0.39, 0.29) is 16.9 Å². The zero-order chi connectivity index (χ0) is 19.8. The Morgan fingerprint density at radius 2 is 1.93 bits per heavy atom. The number of methoxy groups -OCH3 is 1. The normalized spacial score (nSPS) is 17.2. The summed E-state index contributed by atoms with van der Waals surface area (Å²) >= 11 is 0. The Bertz CT molecular complexity index is 849. The molecule has 0 amide bonds. The Morgan fingerprint density at radius 3 is 2.59 bits per heavy atom. The third-order valence-electron chi connectivity index (χ3n) is 6.48. The monoisotopic (exact) mass is 384 g/mol. The Hall–Kier alpha value is -1.65. The molecular weight excluding hydrogens is 352 g/mol. The van der Waals surface area contributed by atoms with Crippen LogP contribution in [0, 0.1) is 0 Å². The largest absolute Gasteiger partial charge is 0.469 e. The standard InChI is InChI=1S/C23H32O3Si/c1-23(2,3)27(5,6)26-15-18-13-16-9-7-8-10-19(16)22-17(11-12-20(18)22)14-21(24)25-4/h7-10,13,17H,11-12,14-15H2,1-6H3. The number of hydrogen-bond donors (Lipinski definition) is 0. The van der Waals surface area contributed by atoms with Crippen molar-refractivity contribution in [1.82, 2.24) is 0 Å². The molecule has 1 aliphatic carbocycles. The van der Waals surface area contributed by atoms with Gasteiger partial charge in [0.2, 0.25) is 0 Å². The molecular formula is C23H32O3Si. The van der Waals surface area contributed by atoms with Crippen LogP contribution in [0.3, 0.4) is 0 Å². The first kappa shape index (κ1) is 20.1. The van der Waals surface area contributed by atoms with E-state index in [0.29, 0.717) is 13.0 Å². The number of hydrogen-bond acceptors (Lipinski definition) is 3. The summed E-state index contributed by atoms with van der Waals surface area (Å²) in [4.78, 5) is 11.9. The number of esters is 1. The molecule has 1 atom stereocenters. The lowest BCUT2D eigenvalue weighted by molar-refractivity contribution is -0.141. The summed E-state index contributed by atoms with van der Waals surface area (Å²) in [6, 6.07) is 10.8. The van der Waals surface area contributed by atoms with Crippen LogP contribution in [0.15, 0.2) is 30.3 Å². The predicted octanol–water partition coefficient (Wildman–Crippen LogP) is 5.95. The second kappa shape index (κ2) is 7.40. The third-order valence-corrected chi connectivity index (χ3v) is 11.0. The van der Waals surface area contributed by atoms with Crippen molar-refractivity contribution in [3.05, 3.63) is 47.0 Å². The Balaban J connectivity index is 2.00. The molecule has 2 aromatic rings. The van der Waals surface area contributed by atoms with Gasteiger partial charge < -0.3 is 9.16 Å². The van der Waals surface area contributed by atoms with Crippen LogP contribution >= 0.6 is 0 Å². The van der Waals surface area contributed by atoms with Gasteiger partial charge in [-0.2, -0.15) is 0 Å². The van der Waals surface area contributed by atoms with Gasteiger partial charge in [-0.3, -0.25) is 4.79 Å². The number of carbonyl (C=O) groups excluding carboxylic acids is 1. The van der Waals surface area contributed by atoms with Gasteiger partial charge in [-0.1, -0.05) is 45.0 Å². The van der Waals surface area contributed by atoms with E-state index < -0.39 is 8.32 Å². The van der Waals surface area contributed by atoms with E-state index in [0.717, 1.165) is 12.8 Å². The van der Waals surface area contributed by atoms with Gasteiger partial charge in [-0.05, 0) is 70.4 Å². The van der Waals surface area contributed by atoms with Crippen molar-refractivity contribution in [2.24, 2.45) is 0 Å². The minimum absolute atomic E-state index is 0.125. The molecule has 1 unspecified atom stereocenters. The van der Waals surface area contributed by atoms with Gasteiger partial charge in [0.15, 0.2) is 8.32 Å².